The Bertz CT molecular complexity index is 561. The lowest BCUT2D eigenvalue weighted by Gasteiger charge is -2.15. The van der Waals surface area contributed by atoms with Gasteiger partial charge in [-0.1, -0.05) is 31.2 Å². The third-order valence-corrected chi connectivity index (χ3v) is 3.98. The van der Waals surface area contributed by atoms with Crippen molar-refractivity contribution in [3.05, 3.63) is 47.5 Å². The van der Waals surface area contributed by atoms with Crippen molar-refractivity contribution in [2.45, 2.75) is 38.8 Å². The summed E-state index contributed by atoms with van der Waals surface area (Å²) in [6, 6.07) is 8.62. The fraction of sp³-hybridized carbons (Fsp3) is 0.467. The third kappa shape index (κ3) is 2.28. The summed E-state index contributed by atoms with van der Waals surface area (Å²) in [7, 11) is 0. The second-order valence-corrected chi connectivity index (χ2v) is 5.29. The summed E-state index contributed by atoms with van der Waals surface area (Å²) in [5, 5.41) is 4.29. The molecule has 0 fully saturated rings. The maximum Gasteiger partial charge on any atom is 0.138 e. The average Bonchev–Trinajstić information content (AvgIpc) is 2.98. The van der Waals surface area contributed by atoms with E-state index in [1.807, 2.05) is 4.68 Å². The number of fused-ring (bicyclic) bond motifs is 1. The summed E-state index contributed by atoms with van der Waals surface area (Å²) in [5.41, 5.74) is 9.06. The Morgan fingerprint density at radius 2 is 2.21 bits per heavy atom. The molecule has 1 aromatic heterocycles. The molecule has 1 aliphatic carbocycles. The lowest BCUT2D eigenvalue weighted by molar-refractivity contribution is 0.435. The maximum atomic E-state index is 6.37. The van der Waals surface area contributed by atoms with Crippen LogP contribution in [0.2, 0.25) is 0 Å². The number of aromatic nitrogens is 3. The van der Waals surface area contributed by atoms with Gasteiger partial charge in [-0.25, -0.2) is 4.98 Å². The number of nitrogens with two attached hydrogens (primary N) is 1. The topological polar surface area (TPSA) is 56.7 Å². The Hall–Kier alpha value is -1.68. The zero-order valence-corrected chi connectivity index (χ0v) is 11.3. The maximum absolute atomic E-state index is 6.37. The Morgan fingerprint density at radius 3 is 3.00 bits per heavy atom. The molecule has 0 spiro atoms. The van der Waals surface area contributed by atoms with E-state index in [2.05, 4.69) is 41.3 Å². The van der Waals surface area contributed by atoms with Gasteiger partial charge in [0, 0.05) is 19.0 Å². The van der Waals surface area contributed by atoms with E-state index >= 15 is 0 Å². The molecule has 2 aromatic rings. The van der Waals surface area contributed by atoms with Crippen molar-refractivity contribution in [1.29, 1.82) is 0 Å². The van der Waals surface area contributed by atoms with Crippen LogP contribution in [-0.2, 0) is 19.4 Å². The predicted molar refractivity (Wildman–Crippen MR) is 74.6 cm³/mol. The van der Waals surface area contributed by atoms with Crippen LogP contribution in [0.1, 0.15) is 36.3 Å². The van der Waals surface area contributed by atoms with Crippen LogP contribution in [0.25, 0.3) is 0 Å². The first kappa shape index (κ1) is 12.4. The fourth-order valence-corrected chi connectivity index (χ4v) is 2.99. The third-order valence-electron chi connectivity index (χ3n) is 3.98. The van der Waals surface area contributed by atoms with Gasteiger partial charge >= 0.3 is 0 Å². The summed E-state index contributed by atoms with van der Waals surface area (Å²) < 4.78 is 2.01. The molecular weight excluding hydrogens is 236 g/mol. The van der Waals surface area contributed by atoms with Crippen molar-refractivity contribution in [2.24, 2.45) is 11.7 Å². The van der Waals surface area contributed by atoms with Crippen LogP contribution in [0.4, 0.5) is 0 Å². The zero-order valence-electron chi connectivity index (χ0n) is 11.3. The SMILES string of the molecule is CCCn1ncnc1CC1Cc2ccccc2C1N. The normalized spacial score (nSPS) is 21.6. The molecule has 2 unspecified atom stereocenters. The van der Waals surface area contributed by atoms with E-state index in [0.29, 0.717) is 5.92 Å². The Morgan fingerprint density at radius 1 is 1.37 bits per heavy atom. The standard InChI is InChI=1S/C15H20N4/c1-2-7-19-14(17-10-18-19)9-12-8-11-5-3-4-6-13(11)15(12)16/h3-6,10,12,15H,2,7-9,16H2,1H3. The quantitative estimate of drug-likeness (QED) is 0.911. The lowest BCUT2D eigenvalue weighted by atomic mass is 9.97. The van der Waals surface area contributed by atoms with Crippen molar-refractivity contribution in [3.63, 3.8) is 0 Å². The molecular formula is C15H20N4. The van der Waals surface area contributed by atoms with E-state index in [-0.39, 0.29) is 6.04 Å². The molecule has 100 valence electrons. The van der Waals surface area contributed by atoms with Gasteiger partial charge in [-0.2, -0.15) is 5.10 Å². The van der Waals surface area contributed by atoms with Gasteiger partial charge in [0.05, 0.1) is 0 Å². The van der Waals surface area contributed by atoms with E-state index in [9.17, 15) is 0 Å². The number of hydrogen-bond donors (Lipinski definition) is 1. The molecule has 19 heavy (non-hydrogen) atoms. The van der Waals surface area contributed by atoms with Crippen LogP contribution in [0.15, 0.2) is 30.6 Å². The highest BCUT2D eigenvalue weighted by Crippen LogP contribution is 2.35. The second kappa shape index (κ2) is 5.13. The van der Waals surface area contributed by atoms with Crippen LogP contribution in [0.3, 0.4) is 0 Å². The monoisotopic (exact) mass is 256 g/mol. The van der Waals surface area contributed by atoms with E-state index in [0.717, 1.165) is 31.6 Å². The Labute approximate surface area is 113 Å². The first-order valence-electron chi connectivity index (χ1n) is 6.99. The molecule has 1 heterocycles. The van der Waals surface area contributed by atoms with Crippen LogP contribution in [-0.4, -0.2) is 14.8 Å². The molecule has 0 amide bonds. The van der Waals surface area contributed by atoms with Crippen molar-refractivity contribution >= 4 is 0 Å². The number of nitrogens with zero attached hydrogens (tertiary/aromatic N) is 3. The first-order chi connectivity index (χ1) is 9.29. The highest BCUT2D eigenvalue weighted by Gasteiger charge is 2.30. The molecule has 0 saturated heterocycles. The van der Waals surface area contributed by atoms with Crippen LogP contribution < -0.4 is 5.73 Å². The van der Waals surface area contributed by atoms with Crippen LogP contribution in [0, 0.1) is 5.92 Å². The van der Waals surface area contributed by atoms with Gasteiger partial charge < -0.3 is 5.73 Å². The highest BCUT2D eigenvalue weighted by atomic mass is 15.3. The van der Waals surface area contributed by atoms with E-state index in [1.165, 1.54) is 11.1 Å². The summed E-state index contributed by atoms with van der Waals surface area (Å²) in [4.78, 5) is 4.39. The Balaban J connectivity index is 1.77. The van der Waals surface area contributed by atoms with Crippen LogP contribution in [0.5, 0.6) is 0 Å². The number of hydrogen-bond acceptors (Lipinski definition) is 3. The number of benzene rings is 1. The molecule has 4 nitrogen and oxygen atoms in total. The van der Waals surface area contributed by atoms with Gasteiger partial charge in [0.2, 0.25) is 0 Å². The molecule has 0 bridgehead atoms. The second-order valence-electron chi connectivity index (χ2n) is 5.29. The smallest absolute Gasteiger partial charge is 0.138 e. The van der Waals surface area contributed by atoms with Crippen molar-refractivity contribution in [2.75, 3.05) is 0 Å². The lowest BCUT2D eigenvalue weighted by Crippen LogP contribution is -2.21. The zero-order chi connectivity index (χ0) is 13.2. The molecule has 1 aliphatic rings. The highest BCUT2D eigenvalue weighted by molar-refractivity contribution is 5.35. The minimum Gasteiger partial charge on any atom is -0.324 e. The van der Waals surface area contributed by atoms with E-state index in [4.69, 9.17) is 5.73 Å². The van der Waals surface area contributed by atoms with Gasteiger partial charge in [0.1, 0.15) is 12.2 Å². The van der Waals surface area contributed by atoms with Crippen molar-refractivity contribution < 1.29 is 0 Å². The molecule has 4 heteroatoms. The largest absolute Gasteiger partial charge is 0.324 e. The molecule has 2 N–H and O–H groups in total. The summed E-state index contributed by atoms with van der Waals surface area (Å²) in [5.74, 6) is 1.51. The minimum atomic E-state index is 0.128. The fourth-order valence-electron chi connectivity index (χ4n) is 2.99. The first-order valence-corrected chi connectivity index (χ1v) is 6.99. The molecule has 2 atom stereocenters. The number of aryl methyl sites for hydroxylation is 1. The van der Waals surface area contributed by atoms with Gasteiger partial charge in [-0.15, -0.1) is 0 Å². The van der Waals surface area contributed by atoms with Gasteiger partial charge in [0.25, 0.3) is 0 Å². The molecule has 0 aliphatic heterocycles. The van der Waals surface area contributed by atoms with Crippen molar-refractivity contribution in [3.8, 4) is 0 Å². The molecule has 1 aromatic carbocycles. The van der Waals surface area contributed by atoms with Gasteiger partial charge in [0.15, 0.2) is 0 Å². The summed E-state index contributed by atoms with van der Waals surface area (Å²) in [6.45, 7) is 3.09. The van der Waals surface area contributed by atoms with Gasteiger partial charge in [-0.3, -0.25) is 4.68 Å². The summed E-state index contributed by atoms with van der Waals surface area (Å²) in [6.07, 6.45) is 4.69. The van der Waals surface area contributed by atoms with E-state index < -0.39 is 0 Å². The van der Waals surface area contributed by atoms with E-state index in [1.54, 1.807) is 6.33 Å². The summed E-state index contributed by atoms with van der Waals surface area (Å²) >= 11 is 0. The Kier molecular flexibility index (Phi) is 3.34. The minimum absolute atomic E-state index is 0.128. The van der Waals surface area contributed by atoms with Crippen molar-refractivity contribution in [1.82, 2.24) is 14.8 Å². The van der Waals surface area contributed by atoms with Gasteiger partial charge in [-0.05, 0) is 29.9 Å². The average molecular weight is 256 g/mol. The predicted octanol–water partition coefficient (Wildman–Crippen LogP) is 2.10. The molecule has 0 saturated carbocycles. The van der Waals surface area contributed by atoms with Crippen LogP contribution >= 0.6 is 0 Å². The molecule has 3 rings (SSSR count). The number of rotatable bonds is 4. The molecule has 0 radical (unpaired) electrons.